The van der Waals surface area contributed by atoms with Crippen LogP contribution in [0.1, 0.15) is 30.2 Å². The van der Waals surface area contributed by atoms with Crippen LogP contribution in [-0.4, -0.2) is 19.9 Å². The lowest BCUT2D eigenvalue weighted by Crippen LogP contribution is -2.13. The molecule has 0 bridgehead atoms. The summed E-state index contributed by atoms with van der Waals surface area (Å²) in [7, 11) is -3.73. The molecule has 6 nitrogen and oxygen atoms in total. The van der Waals surface area contributed by atoms with Gasteiger partial charge in [-0.3, -0.25) is 4.72 Å². The molecule has 0 aliphatic carbocycles. The van der Waals surface area contributed by atoms with Crippen LogP contribution in [0.4, 0.5) is 5.13 Å². The number of hydrogen-bond donors (Lipinski definition) is 2. The monoisotopic (exact) mass is 329 g/mol. The molecule has 0 aliphatic heterocycles. The molecule has 0 radical (unpaired) electrons. The Morgan fingerprint density at radius 2 is 2.10 bits per heavy atom. The van der Waals surface area contributed by atoms with Gasteiger partial charge < -0.3 is 9.73 Å². The molecular weight excluding hydrogens is 310 g/mol. The number of rotatable bonds is 7. The van der Waals surface area contributed by atoms with Crippen LogP contribution >= 0.6 is 11.3 Å². The highest BCUT2D eigenvalue weighted by molar-refractivity contribution is 7.92. The standard InChI is InChI=1S/C13H19N3O3S2/c1-4-11-9(3)20-13(15-11)16-21(17,18)12-7-6-10(19-12)8-14-5-2/h6-7,14H,4-5,8H2,1-3H3,(H,15,16). The zero-order chi connectivity index (χ0) is 15.5. The minimum Gasteiger partial charge on any atom is -0.446 e. The molecule has 0 amide bonds. The van der Waals surface area contributed by atoms with Crippen molar-refractivity contribution in [3.8, 4) is 0 Å². The predicted molar refractivity (Wildman–Crippen MR) is 83.1 cm³/mol. The molecule has 2 aromatic rings. The van der Waals surface area contributed by atoms with E-state index in [0.29, 0.717) is 17.4 Å². The highest BCUT2D eigenvalue weighted by Gasteiger charge is 2.21. The van der Waals surface area contributed by atoms with Crippen LogP contribution in [0.25, 0.3) is 0 Å². The molecule has 0 saturated heterocycles. The Hall–Kier alpha value is -1.38. The lowest BCUT2D eigenvalue weighted by Gasteiger charge is -2.02. The van der Waals surface area contributed by atoms with Crippen molar-refractivity contribution in [2.45, 2.75) is 38.8 Å². The summed E-state index contributed by atoms with van der Waals surface area (Å²) in [4.78, 5) is 5.29. The fourth-order valence-electron chi connectivity index (χ4n) is 1.81. The molecule has 2 heterocycles. The van der Waals surface area contributed by atoms with E-state index in [1.54, 1.807) is 6.07 Å². The number of aromatic nitrogens is 1. The number of sulfonamides is 1. The summed E-state index contributed by atoms with van der Waals surface area (Å²) in [5.41, 5.74) is 0.907. The Balaban J connectivity index is 2.15. The van der Waals surface area contributed by atoms with Gasteiger partial charge in [0.15, 0.2) is 5.13 Å². The number of furan rings is 1. The maximum absolute atomic E-state index is 12.2. The molecule has 116 valence electrons. The normalized spacial score (nSPS) is 11.8. The molecule has 21 heavy (non-hydrogen) atoms. The van der Waals surface area contributed by atoms with Gasteiger partial charge in [-0.25, -0.2) is 4.98 Å². The van der Waals surface area contributed by atoms with Crippen LogP contribution in [0.5, 0.6) is 0 Å². The second-order valence-electron chi connectivity index (χ2n) is 4.48. The van der Waals surface area contributed by atoms with Crippen molar-refractivity contribution in [3.63, 3.8) is 0 Å². The molecule has 2 N–H and O–H groups in total. The number of nitrogens with one attached hydrogen (secondary N) is 2. The lowest BCUT2D eigenvalue weighted by atomic mass is 10.3. The first-order chi connectivity index (χ1) is 9.96. The summed E-state index contributed by atoms with van der Waals surface area (Å²) in [6.07, 6.45) is 0.775. The maximum atomic E-state index is 12.2. The van der Waals surface area contributed by atoms with Gasteiger partial charge in [-0.1, -0.05) is 13.8 Å². The van der Waals surface area contributed by atoms with Crippen molar-refractivity contribution in [2.24, 2.45) is 0 Å². The summed E-state index contributed by atoms with van der Waals surface area (Å²) in [6, 6.07) is 3.11. The van der Waals surface area contributed by atoms with Gasteiger partial charge in [-0.2, -0.15) is 8.42 Å². The Labute approximate surface area is 128 Å². The average Bonchev–Trinajstić information content (AvgIpc) is 3.03. The van der Waals surface area contributed by atoms with E-state index in [1.807, 2.05) is 20.8 Å². The van der Waals surface area contributed by atoms with Crippen LogP contribution in [-0.2, 0) is 23.0 Å². The zero-order valence-electron chi connectivity index (χ0n) is 12.3. The van der Waals surface area contributed by atoms with E-state index in [2.05, 4.69) is 15.0 Å². The molecule has 0 aliphatic rings. The first-order valence-corrected chi connectivity index (χ1v) is 9.04. The summed E-state index contributed by atoms with van der Waals surface area (Å²) in [5, 5.41) is 3.35. The third kappa shape index (κ3) is 3.84. The lowest BCUT2D eigenvalue weighted by molar-refractivity contribution is 0.405. The number of thiazole rings is 1. The predicted octanol–water partition coefficient (Wildman–Crippen LogP) is 2.52. The van der Waals surface area contributed by atoms with Gasteiger partial charge in [0.05, 0.1) is 12.2 Å². The van der Waals surface area contributed by atoms with Crippen molar-refractivity contribution < 1.29 is 12.8 Å². The number of anilines is 1. The molecule has 8 heteroatoms. The third-order valence-electron chi connectivity index (χ3n) is 2.90. The van der Waals surface area contributed by atoms with Crippen molar-refractivity contribution in [1.82, 2.24) is 10.3 Å². The topological polar surface area (TPSA) is 84.2 Å². The number of nitrogens with zero attached hydrogens (tertiary/aromatic N) is 1. The third-order valence-corrected chi connectivity index (χ3v) is 5.17. The van der Waals surface area contributed by atoms with Gasteiger partial charge in [0.1, 0.15) is 5.76 Å². The van der Waals surface area contributed by atoms with Gasteiger partial charge in [0.2, 0.25) is 5.09 Å². The highest BCUT2D eigenvalue weighted by Crippen LogP contribution is 2.25. The van der Waals surface area contributed by atoms with E-state index in [4.69, 9.17) is 4.42 Å². The van der Waals surface area contributed by atoms with Crippen LogP contribution in [0, 0.1) is 6.92 Å². The first kappa shape index (κ1) is 16.0. The molecule has 0 aromatic carbocycles. The van der Waals surface area contributed by atoms with Gasteiger partial charge in [0, 0.05) is 4.88 Å². The maximum Gasteiger partial charge on any atom is 0.297 e. The molecule has 0 atom stereocenters. The molecule has 0 fully saturated rings. The summed E-state index contributed by atoms with van der Waals surface area (Å²) in [5.74, 6) is 0.585. The Morgan fingerprint density at radius 3 is 2.71 bits per heavy atom. The van der Waals surface area contributed by atoms with Gasteiger partial charge in [-0.05, 0) is 32.0 Å². The largest absolute Gasteiger partial charge is 0.446 e. The Kier molecular flexibility index (Phi) is 5.02. The minimum atomic E-state index is -3.73. The molecule has 2 aromatic heterocycles. The molecule has 0 unspecified atom stereocenters. The van der Waals surface area contributed by atoms with Crippen molar-refractivity contribution in [3.05, 3.63) is 28.5 Å². The summed E-state index contributed by atoms with van der Waals surface area (Å²) in [6.45, 7) is 7.18. The molecule has 0 saturated carbocycles. The average molecular weight is 329 g/mol. The SMILES string of the molecule is CCNCc1ccc(S(=O)(=O)Nc2nc(CC)c(C)s2)o1. The summed E-state index contributed by atoms with van der Waals surface area (Å²) >= 11 is 1.33. The van der Waals surface area contributed by atoms with Crippen LogP contribution in [0.3, 0.4) is 0 Å². The second-order valence-corrected chi connectivity index (χ2v) is 7.30. The fourth-order valence-corrected chi connectivity index (χ4v) is 3.90. The van der Waals surface area contributed by atoms with Gasteiger partial charge in [0.25, 0.3) is 10.0 Å². The quantitative estimate of drug-likeness (QED) is 0.815. The second kappa shape index (κ2) is 6.59. The van der Waals surface area contributed by atoms with E-state index in [1.165, 1.54) is 17.4 Å². The van der Waals surface area contributed by atoms with Crippen molar-refractivity contribution in [2.75, 3.05) is 11.3 Å². The van der Waals surface area contributed by atoms with E-state index in [9.17, 15) is 8.42 Å². The van der Waals surface area contributed by atoms with Crippen LogP contribution in [0.15, 0.2) is 21.6 Å². The van der Waals surface area contributed by atoms with Crippen molar-refractivity contribution >= 4 is 26.5 Å². The minimum absolute atomic E-state index is 0.0960. The van der Waals surface area contributed by atoms with E-state index < -0.39 is 10.0 Å². The molecule has 2 rings (SSSR count). The Bertz CT molecular complexity index is 704. The van der Waals surface area contributed by atoms with E-state index in [-0.39, 0.29) is 5.09 Å². The highest BCUT2D eigenvalue weighted by atomic mass is 32.2. The fraction of sp³-hybridized carbons (Fsp3) is 0.462. The zero-order valence-corrected chi connectivity index (χ0v) is 13.9. The van der Waals surface area contributed by atoms with E-state index >= 15 is 0 Å². The molecule has 0 spiro atoms. The smallest absolute Gasteiger partial charge is 0.297 e. The first-order valence-electron chi connectivity index (χ1n) is 6.74. The van der Waals surface area contributed by atoms with E-state index in [0.717, 1.165) is 23.5 Å². The van der Waals surface area contributed by atoms with Crippen molar-refractivity contribution in [1.29, 1.82) is 0 Å². The number of hydrogen-bond acceptors (Lipinski definition) is 6. The Morgan fingerprint density at radius 1 is 1.33 bits per heavy atom. The number of aryl methyl sites for hydroxylation is 2. The molecular formula is C13H19N3O3S2. The van der Waals surface area contributed by atoms with Gasteiger partial charge >= 0.3 is 0 Å². The summed E-state index contributed by atoms with van der Waals surface area (Å²) < 4.78 is 32.3. The van der Waals surface area contributed by atoms with Crippen LogP contribution < -0.4 is 10.0 Å². The van der Waals surface area contributed by atoms with Gasteiger partial charge in [-0.15, -0.1) is 11.3 Å². The van der Waals surface area contributed by atoms with Crippen LogP contribution in [0.2, 0.25) is 0 Å².